The van der Waals surface area contributed by atoms with Gasteiger partial charge in [-0.2, -0.15) is 18.4 Å². The molecule has 2 N–H and O–H groups in total. The number of ether oxygens (including phenoxy) is 1. The van der Waals surface area contributed by atoms with Gasteiger partial charge in [-0.15, -0.1) is 24.0 Å². The Morgan fingerprint density at radius 1 is 1.13 bits per heavy atom. The van der Waals surface area contributed by atoms with Crippen LogP contribution in [0.1, 0.15) is 23.6 Å². The number of nitrogens with zero attached hydrogens (tertiary/aromatic N) is 2. The van der Waals surface area contributed by atoms with Crippen LogP contribution in [0.4, 0.5) is 17.6 Å². The van der Waals surface area contributed by atoms with Crippen molar-refractivity contribution >= 4 is 29.9 Å². The van der Waals surface area contributed by atoms with Crippen LogP contribution in [0, 0.1) is 17.1 Å². The molecule has 30 heavy (non-hydrogen) atoms. The molecule has 0 radical (unpaired) electrons. The SMILES string of the molecule is CCNC(=NCc1ccc(OCC(F)(F)F)cc1)NCc1ccc(C#N)cc1F.I. The average Bonchev–Trinajstić information content (AvgIpc) is 2.69. The zero-order valence-electron chi connectivity index (χ0n) is 16.1. The van der Waals surface area contributed by atoms with Gasteiger partial charge in [0.05, 0.1) is 18.2 Å². The summed E-state index contributed by atoms with van der Waals surface area (Å²) in [5, 5.41) is 14.8. The molecule has 0 spiro atoms. The first-order valence-electron chi connectivity index (χ1n) is 8.80. The monoisotopic (exact) mass is 536 g/mol. The van der Waals surface area contributed by atoms with Gasteiger partial charge in [-0.3, -0.25) is 0 Å². The van der Waals surface area contributed by atoms with E-state index in [2.05, 4.69) is 20.4 Å². The van der Waals surface area contributed by atoms with Gasteiger partial charge in [0.2, 0.25) is 0 Å². The predicted molar refractivity (Wildman–Crippen MR) is 116 cm³/mol. The zero-order valence-corrected chi connectivity index (χ0v) is 18.4. The van der Waals surface area contributed by atoms with Crippen LogP contribution < -0.4 is 15.4 Å². The fraction of sp³-hybridized carbons (Fsp3) is 0.300. The molecule has 0 aliphatic rings. The maximum atomic E-state index is 14.0. The summed E-state index contributed by atoms with van der Waals surface area (Å²) < 4.78 is 55.1. The van der Waals surface area contributed by atoms with Gasteiger partial charge >= 0.3 is 6.18 Å². The molecule has 2 aromatic carbocycles. The minimum atomic E-state index is -4.39. The summed E-state index contributed by atoms with van der Waals surface area (Å²) in [5.74, 6) is 0.0897. The number of nitriles is 1. The number of guanidine groups is 1. The number of benzene rings is 2. The molecule has 0 saturated carbocycles. The number of alkyl halides is 3. The minimum absolute atomic E-state index is 0. The third-order valence-corrected chi connectivity index (χ3v) is 3.72. The van der Waals surface area contributed by atoms with Gasteiger partial charge in [-0.05, 0) is 36.8 Å². The molecule has 0 saturated heterocycles. The van der Waals surface area contributed by atoms with Gasteiger partial charge in [0, 0.05) is 18.7 Å². The Labute approximate surface area is 189 Å². The normalized spacial score (nSPS) is 11.3. The zero-order chi connectivity index (χ0) is 21.3. The molecule has 5 nitrogen and oxygen atoms in total. The van der Waals surface area contributed by atoms with Crippen molar-refractivity contribution in [1.29, 1.82) is 5.26 Å². The second-order valence-corrected chi connectivity index (χ2v) is 6.01. The lowest BCUT2D eigenvalue weighted by atomic mass is 10.1. The molecule has 0 amide bonds. The molecular formula is C20H21F4IN4O. The molecule has 162 valence electrons. The van der Waals surface area contributed by atoms with Crippen LogP contribution in [0.3, 0.4) is 0 Å². The number of hydrogen-bond acceptors (Lipinski definition) is 3. The number of aliphatic imine (C=N–C) groups is 1. The van der Waals surface area contributed by atoms with E-state index in [1.54, 1.807) is 12.1 Å². The minimum Gasteiger partial charge on any atom is -0.484 e. The lowest BCUT2D eigenvalue weighted by molar-refractivity contribution is -0.153. The molecule has 0 bridgehead atoms. The summed E-state index contributed by atoms with van der Waals surface area (Å²) in [7, 11) is 0. The third-order valence-electron chi connectivity index (χ3n) is 3.72. The highest BCUT2D eigenvalue weighted by Crippen LogP contribution is 2.19. The van der Waals surface area contributed by atoms with Crippen molar-refractivity contribution in [3.05, 3.63) is 65.0 Å². The fourth-order valence-electron chi connectivity index (χ4n) is 2.31. The van der Waals surface area contributed by atoms with Gasteiger partial charge in [-0.25, -0.2) is 9.38 Å². The molecule has 0 heterocycles. The average molecular weight is 536 g/mol. The predicted octanol–water partition coefficient (Wildman–Crippen LogP) is 4.51. The van der Waals surface area contributed by atoms with Crippen molar-refractivity contribution in [3.8, 4) is 11.8 Å². The highest BCUT2D eigenvalue weighted by Gasteiger charge is 2.28. The maximum absolute atomic E-state index is 14.0. The van der Waals surface area contributed by atoms with Crippen LogP contribution in [0.2, 0.25) is 0 Å². The van der Waals surface area contributed by atoms with Gasteiger partial charge in [0.1, 0.15) is 11.6 Å². The Hall–Kier alpha value is -2.55. The summed E-state index contributed by atoms with van der Waals surface area (Å²) in [4.78, 5) is 4.38. The maximum Gasteiger partial charge on any atom is 0.422 e. The molecule has 10 heteroatoms. The van der Waals surface area contributed by atoms with E-state index in [1.807, 2.05) is 13.0 Å². The second kappa shape index (κ2) is 12.2. The molecule has 0 aliphatic carbocycles. The van der Waals surface area contributed by atoms with E-state index < -0.39 is 18.6 Å². The van der Waals surface area contributed by atoms with Gasteiger partial charge in [-0.1, -0.05) is 18.2 Å². The number of halogens is 5. The Bertz CT molecular complexity index is 880. The highest BCUT2D eigenvalue weighted by atomic mass is 127. The first-order chi connectivity index (χ1) is 13.8. The lowest BCUT2D eigenvalue weighted by Crippen LogP contribution is -2.37. The van der Waals surface area contributed by atoms with E-state index in [9.17, 15) is 17.6 Å². The molecular weight excluding hydrogens is 515 g/mol. The molecule has 2 aromatic rings. The molecule has 2 rings (SSSR count). The summed E-state index contributed by atoms with van der Waals surface area (Å²) in [5.41, 5.74) is 1.40. The van der Waals surface area contributed by atoms with Crippen molar-refractivity contribution in [2.45, 2.75) is 26.2 Å². The smallest absolute Gasteiger partial charge is 0.422 e. The molecule has 0 atom stereocenters. The van der Waals surface area contributed by atoms with Gasteiger partial charge < -0.3 is 15.4 Å². The van der Waals surface area contributed by atoms with E-state index in [0.29, 0.717) is 18.1 Å². The van der Waals surface area contributed by atoms with Crippen LogP contribution >= 0.6 is 24.0 Å². The van der Waals surface area contributed by atoms with Gasteiger partial charge in [0.15, 0.2) is 12.6 Å². The largest absolute Gasteiger partial charge is 0.484 e. The van der Waals surface area contributed by atoms with Gasteiger partial charge in [0.25, 0.3) is 0 Å². The van der Waals surface area contributed by atoms with Crippen LogP contribution in [0.5, 0.6) is 5.75 Å². The second-order valence-electron chi connectivity index (χ2n) is 6.01. The van der Waals surface area contributed by atoms with Crippen molar-refractivity contribution in [2.75, 3.05) is 13.2 Å². The first kappa shape index (κ1) is 25.5. The molecule has 0 fully saturated rings. The van der Waals surface area contributed by atoms with Crippen LogP contribution in [-0.4, -0.2) is 25.3 Å². The molecule has 0 unspecified atom stereocenters. The standard InChI is InChI=1S/C20H20F4N4O.HI/c1-2-26-19(28-12-16-6-3-15(10-25)9-18(16)21)27-11-14-4-7-17(8-5-14)29-13-20(22,23)24;/h3-9H,2,11-13H2,1H3,(H2,26,27,28);1H. The van der Waals surface area contributed by atoms with Crippen LogP contribution in [-0.2, 0) is 13.1 Å². The van der Waals surface area contributed by atoms with Crippen molar-refractivity contribution in [3.63, 3.8) is 0 Å². The summed E-state index contributed by atoms with van der Waals surface area (Å²) >= 11 is 0. The van der Waals surface area contributed by atoms with Crippen LogP contribution in [0.15, 0.2) is 47.5 Å². The molecule has 0 aromatic heterocycles. The number of hydrogen-bond donors (Lipinski definition) is 2. The fourth-order valence-corrected chi connectivity index (χ4v) is 2.31. The van der Waals surface area contributed by atoms with E-state index in [1.165, 1.54) is 30.3 Å². The third kappa shape index (κ3) is 8.86. The summed E-state index contributed by atoms with van der Waals surface area (Å²) in [6, 6.07) is 12.3. The van der Waals surface area contributed by atoms with E-state index >= 15 is 0 Å². The Morgan fingerprint density at radius 2 is 1.83 bits per heavy atom. The quantitative estimate of drug-likeness (QED) is 0.237. The molecule has 0 aliphatic heterocycles. The van der Waals surface area contributed by atoms with Crippen LogP contribution in [0.25, 0.3) is 0 Å². The summed E-state index contributed by atoms with van der Waals surface area (Å²) in [6.07, 6.45) is -4.39. The Balaban J connectivity index is 0.00000450. The highest BCUT2D eigenvalue weighted by molar-refractivity contribution is 14.0. The summed E-state index contributed by atoms with van der Waals surface area (Å²) in [6.45, 7) is 1.57. The number of rotatable bonds is 7. The van der Waals surface area contributed by atoms with Crippen molar-refractivity contribution < 1.29 is 22.3 Å². The lowest BCUT2D eigenvalue weighted by Gasteiger charge is -2.12. The number of nitrogens with one attached hydrogen (secondary N) is 2. The first-order valence-corrected chi connectivity index (χ1v) is 8.80. The van der Waals surface area contributed by atoms with E-state index in [4.69, 9.17) is 5.26 Å². The Kier molecular flexibility index (Phi) is 10.4. The van der Waals surface area contributed by atoms with Crippen molar-refractivity contribution in [2.24, 2.45) is 4.99 Å². The Morgan fingerprint density at radius 3 is 2.40 bits per heavy atom. The van der Waals surface area contributed by atoms with E-state index in [-0.39, 0.29) is 48.4 Å². The van der Waals surface area contributed by atoms with E-state index in [0.717, 1.165) is 5.56 Å². The van der Waals surface area contributed by atoms with Crippen molar-refractivity contribution in [1.82, 2.24) is 10.6 Å². The topological polar surface area (TPSA) is 69.4 Å².